The molecule has 2 radical (unpaired) electrons. The van der Waals surface area contributed by atoms with Crippen molar-refractivity contribution < 1.29 is 27.5 Å². The van der Waals surface area contributed by atoms with E-state index in [2.05, 4.69) is 26.6 Å². The molecule has 24 heavy (non-hydrogen) atoms. The molecule has 0 unspecified atom stereocenters. The molecular formula is C14H15AlF3N3O3. The minimum Gasteiger partial charge on any atom is -0.364 e. The second kappa shape index (κ2) is 6.35. The lowest BCUT2D eigenvalue weighted by Crippen LogP contribution is -2.47. The molecule has 2 amide bonds. The molecule has 1 aromatic heterocycles. The zero-order chi connectivity index (χ0) is 18.3. The van der Waals surface area contributed by atoms with E-state index in [0.717, 1.165) is 6.92 Å². The maximum absolute atomic E-state index is 13.2. The highest BCUT2D eigenvalue weighted by molar-refractivity contribution is 6.16. The molecule has 2 rings (SSSR count). The Morgan fingerprint density at radius 1 is 1.46 bits per heavy atom. The van der Waals surface area contributed by atoms with Crippen LogP contribution in [0.15, 0.2) is 18.3 Å². The van der Waals surface area contributed by atoms with E-state index in [4.69, 9.17) is 10.5 Å². The van der Waals surface area contributed by atoms with Gasteiger partial charge in [-0.3, -0.25) is 14.6 Å². The van der Waals surface area contributed by atoms with Crippen LogP contribution in [0.2, 0.25) is 4.78 Å². The first-order valence-corrected chi connectivity index (χ1v) is 7.71. The van der Waals surface area contributed by atoms with Crippen molar-refractivity contribution in [1.29, 1.82) is 0 Å². The van der Waals surface area contributed by atoms with Crippen LogP contribution in [0.5, 0.6) is 0 Å². The second-order valence-electron chi connectivity index (χ2n) is 5.79. The number of anilines is 1. The van der Waals surface area contributed by atoms with E-state index in [-0.39, 0.29) is 11.4 Å². The normalized spacial score (nSPS) is 30.1. The van der Waals surface area contributed by atoms with Crippen molar-refractivity contribution in [3.05, 3.63) is 24.0 Å². The summed E-state index contributed by atoms with van der Waals surface area (Å²) in [6.45, 7) is 2.32. The molecule has 3 N–H and O–H groups in total. The number of amides is 2. The Morgan fingerprint density at radius 2 is 2.08 bits per heavy atom. The Hall–Kier alpha value is -1.63. The highest BCUT2D eigenvalue weighted by Gasteiger charge is 2.63. The van der Waals surface area contributed by atoms with E-state index in [1.54, 1.807) is 0 Å². The van der Waals surface area contributed by atoms with Gasteiger partial charge in [0.25, 0.3) is 11.8 Å². The van der Waals surface area contributed by atoms with Gasteiger partial charge in [0.05, 0.1) is 0 Å². The molecular weight excluding hydrogens is 342 g/mol. The number of nitrogens with one attached hydrogen (secondary N) is 1. The summed E-state index contributed by atoms with van der Waals surface area (Å²) in [6, 6.07) is 2.63. The number of pyridine rings is 1. The van der Waals surface area contributed by atoms with Crippen LogP contribution < -0.4 is 11.1 Å². The van der Waals surface area contributed by atoms with Crippen molar-refractivity contribution in [3.8, 4) is 0 Å². The van der Waals surface area contributed by atoms with Crippen molar-refractivity contribution in [2.45, 2.75) is 36.5 Å². The van der Waals surface area contributed by atoms with Crippen molar-refractivity contribution in [3.63, 3.8) is 0 Å². The fourth-order valence-electron chi connectivity index (χ4n) is 2.49. The Labute approximate surface area is 144 Å². The largest absolute Gasteiger partial charge is 0.417 e. The number of ether oxygens (including phenoxy) is 1. The van der Waals surface area contributed by atoms with Crippen molar-refractivity contribution in [1.82, 2.24) is 4.98 Å². The fourth-order valence-corrected chi connectivity index (χ4v) is 3.11. The molecule has 0 bridgehead atoms. The molecule has 128 valence electrons. The molecule has 0 aromatic carbocycles. The van der Waals surface area contributed by atoms with Crippen LogP contribution in [0.4, 0.5) is 18.9 Å². The molecule has 1 fully saturated rings. The number of hydrogen-bond acceptors (Lipinski definition) is 4. The maximum atomic E-state index is 13.2. The summed E-state index contributed by atoms with van der Waals surface area (Å²) in [5.41, 5.74) is 2.79. The van der Waals surface area contributed by atoms with Crippen LogP contribution in [0.3, 0.4) is 0 Å². The summed E-state index contributed by atoms with van der Waals surface area (Å²) >= 11 is 2.24. The molecule has 0 spiro atoms. The van der Waals surface area contributed by atoms with Gasteiger partial charge < -0.3 is 15.8 Å². The molecule has 2 heterocycles. The van der Waals surface area contributed by atoms with Gasteiger partial charge in [0, 0.05) is 11.9 Å². The van der Waals surface area contributed by atoms with Gasteiger partial charge in [0.15, 0.2) is 5.60 Å². The third-order valence-electron chi connectivity index (χ3n) is 4.27. The van der Waals surface area contributed by atoms with Crippen LogP contribution >= 0.6 is 0 Å². The number of hydrogen-bond donors (Lipinski definition) is 2. The predicted molar refractivity (Wildman–Crippen MR) is 79.4 cm³/mol. The molecule has 4 atom stereocenters. The molecule has 0 aliphatic carbocycles. The number of nitrogens with two attached hydrogens (primary N) is 1. The average molecular weight is 357 g/mol. The molecule has 1 aliphatic rings. The van der Waals surface area contributed by atoms with Gasteiger partial charge in [-0.25, -0.2) is 0 Å². The zero-order valence-corrected chi connectivity index (χ0v) is 14.1. The number of aromatic nitrogens is 1. The number of rotatable bonds is 3. The van der Waals surface area contributed by atoms with Gasteiger partial charge >= 0.3 is 6.18 Å². The molecule has 6 nitrogen and oxygen atoms in total. The monoisotopic (exact) mass is 357 g/mol. The lowest BCUT2D eigenvalue weighted by molar-refractivity contribution is -0.272. The van der Waals surface area contributed by atoms with Gasteiger partial charge in [-0.1, -0.05) is 11.7 Å². The Balaban J connectivity index is 2.19. The van der Waals surface area contributed by atoms with E-state index in [1.807, 2.05) is 0 Å². The molecule has 1 saturated heterocycles. The topological polar surface area (TPSA) is 94.3 Å². The first-order chi connectivity index (χ1) is 11.0. The summed E-state index contributed by atoms with van der Waals surface area (Å²) < 4.78 is 44.1. The zero-order valence-electron chi connectivity index (χ0n) is 12.9. The highest BCUT2D eigenvalue weighted by atomic mass is 27.0. The SMILES string of the molecule is C[C@H]1[C@H]([Al])[C@@H](C(=O)Nc2ccnc(C(N)=O)c2)O[C@@]1(C)C(F)(F)F. The fraction of sp³-hybridized carbons (Fsp3) is 0.500. The van der Waals surface area contributed by atoms with E-state index in [9.17, 15) is 22.8 Å². The van der Waals surface area contributed by atoms with E-state index >= 15 is 0 Å². The summed E-state index contributed by atoms with van der Waals surface area (Å²) in [7, 11) is 0. The van der Waals surface area contributed by atoms with E-state index < -0.39 is 40.4 Å². The molecule has 1 aromatic rings. The number of nitrogens with zero attached hydrogens (tertiary/aromatic N) is 1. The number of halogens is 3. The third-order valence-corrected chi connectivity index (χ3v) is 5.20. The van der Waals surface area contributed by atoms with Gasteiger partial charge in [0.1, 0.15) is 28.1 Å². The van der Waals surface area contributed by atoms with Crippen molar-refractivity contribution in [2.24, 2.45) is 11.7 Å². The predicted octanol–water partition coefficient (Wildman–Crippen LogP) is 1.43. The van der Waals surface area contributed by atoms with Gasteiger partial charge in [-0.15, -0.1) is 0 Å². The van der Waals surface area contributed by atoms with Crippen LogP contribution in [0.1, 0.15) is 24.3 Å². The summed E-state index contributed by atoms with van der Waals surface area (Å²) in [5, 5.41) is 2.43. The van der Waals surface area contributed by atoms with Crippen LogP contribution in [0.25, 0.3) is 0 Å². The van der Waals surface area contributed by atoms with E-state index in [1.165, 1.54) is 25.3 Å². The summed E-state index contributed by atoms with van der Waals surface area (Å²) in [4.78, 5) is 27.1. The highest BCUT2D eigenvalue weighted by Crippen LogP contribution is 2.51. The Morgan fingerprint density at radius 3 is 2.58 bits per heavy atom. The van der Waals surface area contributed by atoms with Crippen LogP contribution in [-0.2, 0) is 9.53 Å². The van der Waals surface area contributed by atoms with E-state index in [0.29, 0.717) is 0 Å². The summed E-state index contributed by atoms with van der Waals surface area (Å²) in [6.07, 6.45) is -4.65. The number of alkyl halides is 3. The Kier molecular flexibility index (Phi) is 4.95. The lowest BCUT2D eigenvalue weighted by Gasteiger charge is -2.31. The molecule has 0 saturated carbocycles. The average Bonchev–Trinajstić information content (AvgIpc) is 2.72. The van der Waals surface area contributed by atoms with Crippen molar-refractivity contribution in [2.75, 3.05) is 5.32 Å². The second-order valence-corrected chi connectivity index (χ2v) is 6.56. The van der Waals surface area contributed by atoms with Crippen LogP contribution in [-0.4, -0.2) is 51.0 Å². The smallest absolute Gasteiger partial charge is 0.364 e. The van der Waals surface area contributed by atoms with Gasteiger partial charge in [-0.2, -0.15) is 13.2 Å². The van der Waals surface area contributed by atoms with Crippen molar-refractivity contribution >= 4 is 33.8 Å². The number of carbonyl (C=O) groups is 2. The number of carbonyl (C=O) groups excluding carboxylic acids is 2. The minimum absolute atomic E-state index is 0.0731. The molecule has 1 aliphatic heterocycles. The van der Waals surface area contributed by atoms with Crippen LogP contribution in [0, 0.1) is 5.92 Å². The van der Waals surface area contributed by atoms with Gasteiger partial charge in [-0.05, 0) is 25.0 Å². The maximum Gasteiger partial charge on any atom is 0.417 e. The Bertz CT molecular complexity index is 670. The standard InChI is InChI=1S/C14H15F3N3O3.Al/c1-7-5-10(23-13(7,2)14(15,16)17)12(22)20-8-3-4-19-9(6-8)11(18)21;/h3-7,10H,1-2H3,(H2,18,21)(H,19,20,22);/t7-,10-,13+;/m0./s1. The third kappa shape index (κ3) is 3.27. The lowest BCUT2D eigenvalue weighted by atomic mass is 9.88. The quantitative estimate of drug-likeness (QED) is 0.801. The molecule has 10 heteroatoms. The minimum atomic E-state index is -4.61. The van der Waals surface area contributed by atoms with Gasteiger partial charge in [0.2, 0.25) is 0 Å². The first kappa shape index (κ1) is 18.7. The number of primary amides is 1. The first-order valence-electron chi connectivity index (χ1n) is 7.04. The summed E-state index contributed by atoms with van der Waals surface area (Å²) in [5.74, 6) is -2.46.